The van der Waals surface area contributed by atoms with Gasteiger partial charge in [-0.25, -0.2) is 0 Å². The van der Waals surface area contributed by atoms with E-state index in [1.807, 2.05) is 13.8 Å². The number of guanidine groups is 1. The molecule has 1 unspecified atom stereocenters. The minimum Gasteiger partial charge on any atom is -0.361 e. The lowest BCUT2D eigenvalue weighted by Crippen LogP contribution is -2.39. The van der Waals surface area contributed by atoms with Crippen LogP contribution in [-0.2, 0) is 13.6 Å². The van der Waals surface area contributed by atoms with Crippen molar-refractivity contribution in [1.82, 2.24) is 19.9 Å². The number of rotatable bonds is 6. The molecule has 0 aromatic carbocycles. The van der Waals surface area contributed by atoms with E-state index in [4.69, 9.17) is 9.52 Å². The second-order valence-corrected chi connectivity index (χ2v) is 6.30. The van der Waals surface area contributed by atoms with E-state index in [0.29, 0.717) is 6.54 Å². The van der Waals surface area contributed by atoms with Gasteiger partial charge in [-0.15, -0.1) is 24.0 Å². The summed E-state index contributed by atoms with van der Waals surface area (Å²) in [5.74, 6) is 2.07. The van der Waals surface area contributed by atoms with Gasteiger partial charge in [0.1, 0.15) is 5.76 Å². The third kappa shape index (κ3) is 5.49. The van der Waals surface area contributed by atoms with Gasteiger partial charge in [0.2, 0.25) is 0 Å². The highest BCUT2D eigenvalue weighted by molar-refractivity contribution is 14.0. The van der Waals surface area contributed by atoms with Crippen LogP contribution in [0.25, 0.3) is 0 Å². The van der Waals surface area contributed by atoms with Crippen LogP contribution in [0.1, 0.15) is 42.5 Å². The second kappa shape index (κ2) is 9.84. The molecule has 0 radical (unpaired) electrons. The molecule has 2 aromatic heterocycles. The minimum absolute atomic E-state index is 0. The van der Waals surface area contributed by atoms with Gasteiger partial charge in [-0.3, -0.25) is 4.99 Å². The molecule has 0 spiro atoms. The zero-order chi connectivity index (χ0) is 17.7. The zero-order valence-electron chi connectivity index (χ0n) is 16.0. The van der Waals surface area contributed by atoms with E-state index in [9.17, 15) is 0 Å². The van der Waals surface area contributed by atoms with Gasteiger partial charge in [0.15, 0.2) is 5.96 Å². The first kappa shape index (κ1) is 21.5. The second-order valence-electron chi connectivity index (χ2n) is 6.30. The summed E-state index contributed by atoms with van der Waals surface area (Å²) < 4.78 is 7.41. The molecule has 0 fully saturated rings. The summed E-state index contributed by atoms with van der Waals surface area (Å²) in [7, 11) is 4.13. The van der Waals surface area contributed by atoms with Crippen molar-refractivity contribution in [2.75, 3.05) is 20.1 Å². The number of nitrogens with zero attached hydrogens (tertiary/aromatic N) is 4. The van der Waals surface area contributed by atoms with Crippen LogP contribution >= 0.6 is 24.0 Å². The van der Waals surface area contributed by atoms with Gasteiger partial charge in [0.05, 0.1) is 12.2 Å². The van der Waals surface area contributed by atoms with Crippen molar-refractivity contribution < 1.29 is 4.52 Å². The summed E-state index contributed by atoms with van der Waals surface area (Å²) in [6.07, 6.45) is 2.06. The summed E-state index contributed by atoms with van der Waals surface area (Å²) in [6.45, 7) is 10.6. The van der Waals surface area contributed by atoms with Gasteiger partial charge in [0.25, 0.3) is 0 Å². The standard InChI is InChI=1S/C18H29N5O.HI/c1-7-19-18(23(6)12-16-9-8-10-22(16)5)20-11-13(2)17-14(3)21-24-15(17)4;/h8-10,13H,7,11-12H2,1-6H3,(H,19,20);1H. The topological polar surface area (TPSA) is 58.6 Å². The number of halogens is 1. The Bertz CT molecular complexity index is 672. The van der Waals surface area contributed by atoms with Crippen LogP contribution in [-0.4, -0.2) is 40.7 Å². The van der Waals surface area contributed by atoms with Crippen molar-refractivity contribution in [3.8, 4) is 0 Å². The van der Waals surface area contributed by atoms with Gasteiger partial charge in [0, 0.05) is 50.6 Å². The van der Waals surface area contributed by atoms with Crippen LogP contribution in [0.4, 0.5) is 0 Å². The molecule has 1 N–H and O–H groups in total. The summed E-state index contributed by atoms with van der Waals surface area (Å²) in [6, 6.07) is 4.19. The average molecular weight is 459 g/mol. The molecule has 0 aliphatic heterocycles. The fourth-order valence-electron chi connectivity index (χ4n) is 2.96. The van der Waals surface area contributed by atoms with E-state index in [0.717, 1.165) is 30.5 Å². The van der Waals surface area contributed by atoms with Crippen LogP contribution in [0, 0.1) is 13.8 Å². The molecular formula is C18H30IN5O. The Hall–Kier alpha value is -1.51. The molecule has 0 amide bonds. The molecule has 0 aliphatic carbocycles. The Morgan fingerprint density at radius 2 is 2.16 bits per heavy atom. The monoisotopic (exact) mass is 459 g/mol. The van der Waals surface area contributed by atoms with E-state index in [1.165, 1.54) is 11.3 Å². The number of hydrogen-bond acceptors (Lipinski definition) is 3. The smallest absolute Gasteiger partial charge is 0.194 e. The summed E-state index contributed by atoms with van der Waals surface area (Å²) in [5, 5.41) is 7.41. The lowest BCUT2D eigenvalue weighted by Gasteiger charge is -2.23. The molecule has 2 rings (SSSR count). The third-order valence-electron chi connectivity index (χ3n) is 4.24. The SMILES string of the molecule is CCNC(=NCC(C)c1c(C)noc1C)N(C)Cc1cccn1C.I. The van der Waals surface area contributed by atoms with Crippen molar-refractivity contribution in [3.63, 3.8) is 0 Å². The lowest BCUT2D eigenvalue weighted by atomic mass is 10.00. The Labute approximate surface area is 167 Å². The molecule has 1 atom stereocenters. The van der Waals surface area contributed by atoms with E-state index in [2.05, 4.69) is 66.2 Å². The first-order valence-electron chi connectivity index (χ1n) is 8.46. The molecule has 6 nitrogen and oxygen atoms in total. The molecule has 0 saturated carbocycles. The van der Waals surface area contributed by atoms with Crippen molar-refractivity contribution in [1.29, 1.82) is 0 Å². The van der Waals surface area contributed by atoms with Crippen molar-refractivity contribution in [2.24, 2.45) is 12.0 Å². The molecule has 0 bridgehead atoms. The highest BCUT2D eigenvalue weighted by atomic mass is 127. The number of hydrogen-bond donors (Lipinski definition) is 1. The van der Waals surface area contributed by atoms with Crippen LogP contribution in [0.15, 0.2) is 27.8 Å². The number of aryl methyl sites for hydroxylation is 3. The Balaban J connectivity index is 0.00000312. The first-order valence-corrected chi connectivity index (χ1v) is 8.46. The lowest BCUT2D eigenvalue weighted by molar-refractivity contribution is 0.391. The zero-order valence-corrected chi connectivity index (χ0v) is 18.4. The van der Waals surface area contributed by atoms with Gasteiger partial charge < -0.3 is 19.3 Å². The quantitative estimate of drug-likeness (QED) is 0.409. The molecular weight excluding hydrogens is 429 g/mol. The van der Waals surface area contributed by atoms with Gasteiger partial charge in [-0.05, 0) is 32.9 Å². The van der Waals surface area contributed by atoms with Crippen LogP contribution in [0.5, 0.6) is 0 Å². The number of nitrogens with one attached hydrogen (secondary N) is 1. The van der Waals surface area contributed by atoms with E-state index in [1.54, 1.807) is 0 Å². The maximum Gasteiger partial charge on any atom is 0.194 e. The molecule has 25 heavy (non-hydrogen) atoms. The molecule has 0 aliphatic rings. The summed E-state index contributed by atoms with van der Waals surface area (Å²) in [5.41, 5.74) is 3.37. The Morgan fingerprint density at radius 3 is 2.68 bits per heavy atom. The van der Waals surface area contributed by atoms with Crippen LogP contribution in [0.2, 0.25) is 0 Å². The highest BCUT2D eigenvalue weighted by Gasteiger charge is 2.17. The fraction of sp³-hybridized carbons (Fsp3) is 0.556. The third-order valence-corrected chi connectivity index (χ3v) is 4.24. The van der Waals surface area contributed by atoms with Crippen molar-refractivity contribution in [2.45, 2.75) is 40.2 Å². The maximum absolute atomic E-state index is 5.27. The highest BCUT2D eigenvalue weighted by Crippen LogP contribution is 2.23. The fourth-order valence-corrected chi connectivity index (χ4v) is 2.96. The van der Waals surface area contributed by atoms with Crippen molar-refractivity contribution >= 4 is 29.9 Å². The molecule has 7 heteroatoms. The number of aromatic nitrogens is 2. The Kier molecular flexibility index (Phi) is 8.47. The number of aliphatic imine (C=N–C) groups is 1. The molecule has 2 aromatic rings. The molecule has 0 saturated heterocycles. The summed E-state index contributed by atoms with van der Waals surface area (Å²) >= 11 is 0. The van der Waals surface area contributed by atoms with Gasteiger partial charge in [-0.2, -0.15) is 0 Å². The van der Waals surface area contributed by atoms with Gasteiger partial charge >= 0.3 is 0 Å². The minimum atomic E-state index is 0. The van der Waals surface area contributed by atoms with E-state index < -0.39 is 0 Å². The van der Waals surface area contributed by atoms with Crippen LogP contribution < -0.4 is 5.32 Å². The van der Waals surface area contributed by atoms with Gasteiger partial charge in [-0.1, -0.05) is 12.1 Å². The van der Waals surface area contributed by atoms with E-state index in [-0.39, 0.29) is 29.9 Å². The Morgan fingerprint density at radius 1 is 1.44 bits per heavy atom. The predicted octanol–water partition coefficient (Wildman–Crippen LogP) is 3.45. The van der Waals surface area contributed by atoms with Crippen molar-refractivity contribution in [3.05, 3.63) is 41.0 Å². The normalized spacial score (nSPS) is 12.6. The largest absolute Gasteiger partial charge is 0.361 e. The van der Waals surface area contributed by atoms with E-state index >= 15 is 0 Å². The molecule has 140 valence electrons. The summed E-state index contributed by atoms with van der Waals surface area (Å²) in [4.78, 5) is 6.97. The average Bonchev–Trinajstić information content (AvgIpc) is 3.09. The molecule has 2 heterocycles. The van der Waals surface area contributed by atoms with Crippen LogP contribution in [0.3, 0.4) is 0 Å². The maximum atomic E-state index is 5.27. The first-order chi connectivity index (χ1) is 11.4. The predicted molar refractivity (Wildman–Crippen MR) is 113 cm³/mol.